The standard InChI is InChI=1S/C20H32N6O/c1-15-21-18-8-9-26(20(27)23-16-6-4-3-5-7-16)14-17(18)19(22-15)25-12-10-24(2)11-13-25/h16H,3-14H2,1-2H3,(H,23,27). The van der Waals surface area contributed by atoms with Crippen molar-refractivity contribution in [2.75, 3.05) is 44.7 Å². The lowest BCUT2D eigenvalue weighted by molar-refractivity contribution is 0.184. The van der Waals surface area contributed by atoms with Gasteiger partial charge < -0.3 is 20.0 Å². The van der Waals surface area contributed by atoms with E-state index >= 15 is 0 Å². The SMILES string of the molecule is Cc1nc2c(c(N3CCN(C)CC3)n1)CN(C(=O)NC1CCCCC1)CC2. The first kappa shape index (κ1) is 18.5. The van der Waals surface area contributed by atoms with Crippen LogP contribution in [0.5, 0.6) is 0 Å². The molecule has 2 amide bonds. The molecule has 0 aromatic carbocycles. The van der Waals surface area contributed by atoms with E-state index in [-0.39, 0.29) is 6.03 Å². The maximum Gasteiger partial charge on any atom is 0.317 e. The fraction of sp³-hybridized carbons (Fsp3) is 0.750. The predicted molar refractivity (Wildman–Crippen MR) is 106 cm³/mol. The number of hydrogen-bond acceptors (Lipinski definition) is 5. The number of carbonyl (C=O) groups excluding carboxylic acids is 1. The van der Waals surface area contributed by atoms with Gasteiger partial charge in [0.15, 0.2) is 0 Å². The number of nitrogens with one attached hydrogen (secondary N) is 1. The van der Waals surface area contributed by atoms with Crippen LogP contribution in [0.15, 0.2) is 0 Å². The highest BCUT2D eigenvalue weighted by molar-refractivity contribution is 5.75. The average molecular weight is 373 g/mol. The number of piperazine rings is 1. The van der Waals surface area contributed by atoms with Crippen LogP contribution >= 0.6 is 0 Å². The number of amides is 2. The van der Waals surface area contributed by atoms with Gasteiger partial charge in [-0.2, -0.15) is 0 Å². The Hall–Kier alpha value is -1.89. The summed E-state index contributed by atoms with van der Waals surface area (Å²) in [6.45, 7) is 7.39. The van der Waals surface area contributed by atoms with E-state index in [1.807, 2.05) is 11.8 Å². The number of aromatic nitrogens is 2. The molecule has 0 atom stereocenters. The van der Waals surface area contributed by atoms with Gasteiger partial charge in [-0.25, -0.2) is 14.8 Å². The number of likely N-dealkylation sites (N-methyl/N-ethyl adjacent to an activating group) is 1. The summed E-state index contributed by atoms with van der Waals surface area (Å²) >= 11 is 0. The molecule has 148 valence electrons. The van der Waals surface area contributed by atoms with Crippen molar-refractivity contribution >= 4 is 11.8 Å². The third-order valence-corrected chi connectivity index (χ3v) is 6.17. The maximum absolute atomic E-state index is 12.8. The number of rotatable bonds is 2. The van der Waals surface area contributed by atoms with Crippen LogP contribution in [0, 0.1) is 6.92 Å². The van der Waals surface area contributed by atoms with E-state index in [0.717, 1.165) is 74.9 Å². The number of nitrogens with zero attached hydrogens (tertiary/aromatic N) is 5. The van der Waals surface area contributed by atoms with Gasteiger partial charge in [0.1, 0.15) is 11.6 Å². The van der Waals surface area contributed by atoms with E-state index in [9.17, 15) is 4.79 Å². The highest BCUT2D eigenvalue weighted by Crippen LogP contribution is 2.28. The predicted octanol–water partition coefficient (Wildman–Crippen LogP) is 1.94. The van der Waals surface area contributed by atoms with Crippen molar-refractivity contribution in [3.05, 3.63) is 17.1 Å². The fourth-order valence-corrected chi connectivity index (χ4v) is 4.48. The summed E-state index contributed by atoms with van der Waals surface area (Å²) in [5, 5.41) is 3.26. The number of aryl methyl sites for hydroxylation is 1. The van der Waals surface area contributed by atoms with E-state index in [1.165, 1.54) is 19.3 Å². The van der Waals surface area contributed by atoms with Crippen LogP contribution in [0.3, 0.4) is 0 Å². The van der Waals surface area contributed by atoms with E-state index in [2.05, 4.69) is 27.1 Å². The van der Waals surface area contributed by atoms with E-state index in [0.29, 0.717) is 12.6 Å². The monoisotopic (exact) mass is 372 g/mol. The minimum Gasteiger partial charge on any atom is -0.354 e. The van der Waals surface area contributed by atoms with Crippen molar-refractivity contribution in [3.63, 3.8) is 0 Å². The third-order valence-electron chi connectivity index (χ3n) is 6.17. The van der Waals surface area contributed by atoms with Gasteiger partial charge in [0.2, 0.25) is 0 Å². The Balaban J connectivity index is 1.49. The molecule has 1 aliphatic carbocycles. The molecule has 4 rings (SSSR count). The van der Waals surface area contributed by atoms with Gasteiger partial charge in [0.05, 0.1) is 12.2 Å². The molecule has 7 heteroatoms. The minimum absolute atomic E-state index is 0.0810. The van der Waals surface area contributed by atoms with Gasteiger partial charge in [-0.1, -0.05) is 19.3 Å². The first-order valence-corrected chi connectivity index (χ1v) is 10.5. The van der Waals surface area contributed by atoms with Gasteiger partial charge in [-0.3, -0.25) is 0 Å². The summed E-state index contributed by atoms with van der Waals surface area (Å²) in [7, 11) is 2.16. The molecule has 2 fully saturated rings. The van der Waals surface area contributed by atoms with Crippen LogP contribution < -0.4 is 10.2 Å². The molecule has 1 saturated heterocycles. The van der Waals surface area contributed by atoms with Gasteiger partial charge >= 0.3 is 6.03 Å². The Bertz CT molecular complexity index is 679. The molecule has 1 aromatic rings. The highest BCUT2D eigenvalue weighted by atomic mass is 16.2. The summed E-state index contributed by atoms with van der Waals surface area (Å²) in [6, 6.07) is 0.427. The van der Waals surface area contributed by atoms with Crippen molar-refractivity contribution < 1.29 is 4.79 Å². The fourth-order valence-electron chi connectivity index (χ4n) is 4.48. The Morgan fingerprint density at radius 2 is 1.78 bits per heavy atom. The minimum atomic E-state index is 0.0810. The van der Waals surface area contributed by atoms with Crippen LogP contribution in [0.4, 0.5) is 10.6 Å². The summed E-state index contributed by atoms with van der Waals surface area (Å²) in [5.74, 6) is 1.88. The number of fused-ring (bicyclic) bond motifs is 1. The molecule has 3 heterocycles. The van der Waals surface area contributed by atoms with Crippen LogP contribution in [0.25, 0.3) is 0 Å². The molecule has 1 aromatic heterocycles. The lowest BCUT2D eigenvalue weighted by Gasteiger charge is -2.37. The zero-order valence-electron chi connectivity index (χ0n) is 16.7. The average Bonchev–Trinajstić information content (AvgIpc) is 2.68. The molecule has 0 spiro atoms. The quantitative estimate of drug-likeness (QED) is 0.859. The van der Waals surface area contributed by atoms with Gasteiger partial charge in [-0.05, 0) is 26.8 Å². The molecule has 2 aliphatic heterocycles. The maximum atomic E-state index is 12.8. The van der Waals surface area contributed by atoms with E-state index in [1.54, 1.807) is 0 Å². The molecule has 0 unspecified atom stereocenters. The topological polar surface area (TPSA) is 64.6 Å². The van der Waals surface area contributed by atoms with Crippen molar-refractivity contribution in [2.24, 2.45) is 0 Å². The second kappa shape index (κ2) is 8.00. The largest absolute Gasteiger partial charge is 0.354 e. The Kier molecular flexibility index (Phi) is 5.48. The van der Waals surface area contributed by atoms with Crippen LogP contribution in [0.2, 0.25) is 0 Å². The molecular formula is C20H32N6O. The Labute approximate surface area is 162 Å². The summed E-state index contributed by atoms with van der Waals surface area (Å²) in [4.78, 5) is 29.0. The number of hydrogen-bond donors (Lipinski definition) is 1. The lowest BCUT2D eigenvalue weighted by atomic mass is 9.95. The summed E-state index contributed by atoms with van der Waals surface area (Å²) in [5.41, 5.74) is 2.27. The van der Waals surface area contributed by atoms with Gasteiger partial charge in [0.25, 0.3) is 0 Å². The molecule has 1 saturated carbocycles. The Morgan fingerprint density at radius 1 is 1.04 bits per heavy atom. The summed E-state index contributed by atoms with van der Waals surface area (Å²) in [6.07, 6.45) is 6.81. The Morgan fingerprint density at radius 3 is 2.52 bits per heavy atom. The number of carbonyl (C=O) groups is 1. The zero-order chi connectivity index (χ0) is 18.8. The molecule has 3 aliphatic rings. The smallest absolute Gasteiger partial charge is 0.317 e. The van der Waals surface area contributed by atoms with Crippen molar-refractivity contribution in [1.82, 2.24) is 25.1 Å². The highest BCUT2D eigenvalue weighted by Gasteiger charge is 2.29. The van der Waals surface area contributed by atoms with Crippen molar-refractivity contribution in [2.45, 2.75) is 58.0 Å². The first-order chi connectivity index (χ1) is 13.1. The lowest BCUT2D eigenvalue weighted by Crippen LogP contribution is -2.48. The third kappa shape index (κ3) is 4.18. The normalized spacial score (nSPS) is 21.9. The summed E-state index contributed by atoms with van der Waals surface area (Å²) < 4.78 is 0. The molecule has 0 bridgehead atoms. The van der Waals surface area contributed by atoms with Gasteiger partial charge in [-0.15, -0.1) is 0 Å². The van der Waals surface area contributed by atoms with Crippen LogP contribution in [0.1, 0.15) is 49.2 Å². The molecule has 7 nitrogen and oxygen atoms in total. The second-order valence-corrected chi connectivity index (χ2v) is 8.27. The molecule has 1 N–H and O–H groups in total. The van der Waals surface area contributed by atoms with Crippen LogP contribution in [-0.4, -0.2) is 71.6 Å². The van der Waals surface area contributed by atoms with Crippen molar-refractivity contribution in [3.8, 4) is 0 Å². The zero-order valence-corrected chi connectivity index (χ0v) is 16.7. The molecule has 0 radical (unpaired) electrons. The molecule has 27 heavy (non-hydrogen) atoms. The van der Waals surface area contributed by atoms with E-state index < -0.39 is 0 Å². The van der Waals surface area contributed by atoms with Crippen molar-refractivity contribution in [1.29, 1.82) is 0 Å². The number of anilines is 1. The van der Waals surface area contributed by atoms with Crippen LogP contribution in [-0.2, 0) is 13.0 Å². The number of urea groups is 1. The van der Waals surface area contributed by atoms with Gasteiger partial charge in [0, 0.05) is 50.7 Å². The second-order valence-electron chi connectivity index (χ2n) is 8.27. The molecular weight excluding hydrogens is 340 g/mol. The van der Waals surface area contributed by atoms with E-state index in [4.69, 9.17) is 4.98 Å². The first-order valence-electron chi connectivity index (χ1n) is 10.5.